The number of benzene rings is 2. The van der Waals surface area contributed by atoms with Gasteiger partial charge in [-0.15, -0.1) is 0 Å². The third kappa shape index (κ3) is 9.55. The molecule has 0 spiro atoms. The van der Waals surface area contributed by atoms with Gasteiger partial charge >= 0.3 is 11.9 Å². The molecule has 5 aliphatic carbocycles. The molecule has 4 saturated carbocycles. The average Bonchev–Trinajstić information content (AvgIpc) is 3.55. The Hall–Kier alpha value is -3.48. The minimum absolute atomic E-state index is 0.000304. The Kier molecular flexibility index (Phi) is 13.9. The minimum atomic E-state index is -0.146. The SMILES string of the molecule is CC(C)CCCC(C)C1CCC2C3CC=C4CC(C(=O)Oc5ccc(N)cc5N)CCC4(C)C3CCC12C.CCC1(C)CCC(C(=O)Oc2ccc(C)cc2N)CC1C. The Morgan fingerprint density at radius 1 is 0.797 bits per heavy atom. The summed E-state index contributed by atoms with van der Waals surface area (Å²) in [5.74, 6) is 6.11. The third-order valence-electron chi connectivity index (χ3n) is 17.3. The molecule has 7 rings (SSSR count). The van der Waals surface area contributed by atoms with Gasteiger partial charge in [0.05, 0.1) is 23.2 Å². The lowest BCUT2D eigenvalue weighted by molar-refractivity contribution is -0.142. The second-order valence-electron chi connectivity index (χ2n) is 21.3. The maximum atomic E-state index is 13.1. The van der Waals surface area contributed by atoms with E-state index in [-0.39, 0.29) is 29.2 Å². The van der Waals surface area contributed by atoms with Crippen LogP contribution in [0.4, 0.5) is 17.1 Å². The van der Waals surface area contributed by atoms with E-state index in [0.717, 1.165) is 79.6 Å². The van der Waals surface area contributed by atoms with Crippen LogP contribution in [0.15, 0.2) is 48.0 Å². The molecule has 11 unspecified atom stereocenters. The molecule has 6 N–H and O–H groups in total. The molecular formula is C52H79N3O4. The van der Waals surface area contributed by atoms with Gasteiger partial charge in [0.2, 0.25) is 0 Å². The summed E-state index contributed by atoms with van der Waals surface area (Å²) in [6, 6.07) is 10.6. The number of aryl methyl sites for hydroxylation is 1. The lowest BCUT2D eigenvalue weighted by Crippen LogP contribution is -2.50. The molecule has 0 amide bonds. The van der Waals surface area contributed by atoms with Gasteiger partial charge in [-0.25, -0.2) is 0 Å². The summed E-state index contributed by atoms with van der Waals surface area (Å²) in [6.45, 7) is 21.3. The molecule has 4 fully saturated rings. The average molecular weight is 810 g/mol. The van der Waals surface area contributed by atoms with Gasteiger partial charge in [-0.3, -0.25) is 9.59 Å². The molecule has 7 heteroatoms. The molecule has 0 aromatic heterocycles. The van der Waals surface area contributed by atoms with E-state index in [0.29, 0.717) is 45.3 Å². The molecule has 59 heavy (non-hydrogen) atoms. The molecule has 0 radical (unpaired) electrons. The number of nitrogen functional groups attached to an aromatic ring is 3. The number of nitrogens with two attached hydrogens (primary N) is 3. The van der Waals surface area contributed by atoms with Crippen molar-refractivity contribution in [3.8, 4) is 11.5 Å². The highest BCUT2D eigenvalue weighted by molar-refractivity contribution is 5.78. The van der Waals surface area contributed by atoms with Crippen molar-refractivity contribution in [3.05, 3.63) is 53.6 Å². The first-order valence-corrected chi connectivity index (χ1v) is 23.5. The molecule has 0 aliphatic heterocycles. The number of rotatable bonds is 10. The van der Waals surface area contributed by atoms with Crippen LogP contribution >= 0.6 is 0 Å². The summed E-state index contributed by atoms with van der Waals surface area (Å²) in [5.41, 5.74) is 23.0. The molecule has 7 nitrogen and oxygen atoms in total. The molecule has 2 aromatic carbocycles. The number of hydrogen-bond acceptors (Lipinski definition) is 7. The molecule has 2 aromatic rings. The van der Waals surface area contributed by atoms with E-state index in [4.69, 9.17) is 26.7 Å². The summed E-state index contributed by atoms with van der Waals surface area (Å²) in [6.07, 6.45) is 20.5. The zero-order chi connectivity index (χ0) is 42.9. The van der Waals surface area contributed by atoms with Crippen LogP contribution in [0, 0.1) is 76.4 Å². The van der Waals surface area contributed by atoms with E-state index >= 15 is 0 Å². The Balaban J connectivity index is 0.000000236. The van der Waals surface area contributed by atoms with Crippen LogP contribution in [0.5, 0.6) is 11.5 Å². The van der Waals surface area contributed by atoms with Crippen molar-refractivity contribution in [2.45, 2.75) is 159 Å². The molecule has 0 heterocycles. The lowest BCUT2D eigenvalue weighted by Gasteiger charge is -2.58. The maximum absolute atomic E-state index is 13.1. The second-order valence-corrected chi connectivity index (χ2v) is 21.3. The molecular weight excluding hydrogens is 731 g/mol. The number of esters is 2. The predicted molar refractivity (Wildman–Crippen MR) is 244 cm³/mol. The van der Waals surface area contributed by atoms with Crippen molar-refractivity contribution in [1.82, 2.24) is 0 Å². The fourth-order valence-electron chi connectivity index (χ4n) is 13.0. The van der Waals surface area contributed by atoms with Crippen molar-refractivity contribution in [3.63, 3.8) is 0 Å². The smallest absolute Gasteiger partial charge is 0.314 e. The number of allylic oxidation sites excluding steroid dienone is 2. The Morgan fingerprint density at radius 2 is 1.46 bits per heavy atom. The highest BCUT2D eigenvalue weighted by atomic mass is 16.5. The Morgan fingerprint density at radius 3 is 2.10 bits per heavy atom. The van der Waals surface area contributed by atoms with Crippen LogP contribution in [-0.4, -0.2) is 11.9 Å². The van der Waals surface area contributed by atoms with E-state index in [1.54, 1.807) is 24.3 Å². The monoisotopic (exact) mass is 810 g/mol. The van der Waals surface area contributed by atoms with E-state index < -0.39 is 0 Å². The molecule has 0 saturated heterocycles. The summed E-state index contributed by atoms with van der Waals surface area (Å²) in [5, 5.41) is 0. The predicted octanol–water partition coefficient (Wildman–Crippen LogP) is 12.7. The maximum Gasteiger partial charge on any atom is 0.314 e. The largest absolute Gasteiger partial charge is 0.424 e. The van der Waals surface area contributed by atoms with Gasteiger partial charge in [0.25, 0.3) is 0 Å². The number of ether oxygens (including phenoxy) is 2. The van der Waals surface area contributed by atoms with Gasteiger partial charge in [-0.05, 0) is 171 Å². The number of carbonyl (C=O) groups is 2. The normalized spacial score (nSPS) is 34.3. The van der Waals surface area contributed by atoms with Gasteiger partial charge in [-0.1, -0.05) is 98.8 Å². The first-order chi connectivity index (χ1) is 27.9. The van der Waals surface area contributed by atoms with E-state index in [2.05, 4.69) is 61.5 Å². The van der Waals surface area contributed by atoms with Gasteiger partial charge in [0.1, 0.15) is 0 Å². The van der Waals surface area contributed by atoms with Crippen molar-refractivity contribution in [2.75, 3.05) is 17.2 Å². The zero-order valence-electron chi connectivity index (χ0n) is 38.2. The molecule has 5 aliphatic rings. The first kappa shape index (κ1) is 45.1. The number of carbonyl (C=O) groups excluding carboxylic acids is 2. The van der Waals surface area contributed by atoms with Crippen molar-refractivity contribution >= 4 is 29.0 Å². The van der Waals surface area contributed by atoms with Crippen molar-refractivity contribution in [2.24, 2.45) is 69.5 Å². The van der Waals surface area contributed by atoms with Gasteiger partial charge < -0.3 is 26.7 Å². The van der Waals surface area contributed by atoms with Crippen LogP contribution in [0.2, 0.25) is 0 Å². The highest BCUT2D eigenvalue weighted by Crippen LogP contribution is 2.67. The van der Waals surface area contributed by atoms with Crippen LogP contribution in [0.3, 0.4) is 0 Å². The topological polar surface area (TPSA) is 131 Å². The van der Waals surface area contributed by atoms with Crippen LogP contribution < -0.4 is 26.7 Å². The van der Waals surface area contributed by atoms with Gasteiger partial charge in [0.15, 0.2) is 11.5 Å². The van der Waals surface area contributed by atoms with E-state index in [9.17, 15) is 9.59 Å². The fourth-order valence-corrected chi connectivity index (χ4v) is 13.0. The summed E-state index contributed by atoms with van der Waals surface area (Å²) < 4.78 is 11.3. The third-order valence-corrected chi connectivity index (χ3v) is 17.3. The molecule has 0 bridgehead atoms. The fraction of sp³-hybridized carbons (Fsp3) is 0.692. The summed E-state index contributed by atoms with van der Waals surface area (Å²) >= 11 is 0. The van der Waals surface area contributed by atoms with Crippen molar-refractivity contribution < 1.29 is 19.1 Å². The minimum Gasteiger partial charge on any atom is -0.424 e. The van der Waals surface area contributed by atoms with Crippen LogP contribution in [0.25, 0.3) is 0 Å². The zero-order valence-corrected chi connectivity index (χ0v) is 38.2. The Labute approximate surface area is 357 Å². The van der Waals surface area contributed by atoms with Gasteiger partial charge in [0, 0.05) is 5.69 Å². The molecule has 11 atom stereocenters. The quantitative estimate of drug-likeness (QED) is 0.0942. The van der Waals surface area contributed by atoms with Crippen LogP contribution in [-0.2, 0) is 9.59 Å². The number of fused-ring (bicyclic) bond motifs is 5. The second kappa shape index (κ2) is 18.2. The summed E-state index contributed by atoms with van der Waals surface area (Å²) in [7, 11) is 0. The van der Waals surface area contributed by atoms with E-state index in [1.165, 1.54) is 63.4 Å². The standard InChI is InChI=1S/C34H52N2O2.C18H27NO2/c1-21(2)7-6-8-22(3)27-12-13-28-26-11-9-24-19-23(32(37)38-31-14-10-25(35)20-30(31)36)15-17-33(24,4)29(26)16-18-34(27,28)5;1-5-18(4)9-8-14(11-13(18)3)17(20)21-16-7-6-12(2)10-15(16)19/h9-10,14,20-23,26-29H,6-8,11-13,15-19,35-36H2,1-5H3;6-7,10,13-14H,5,8-9,11,19H2,1-4H3. The van der Waals surface area contributed by atoms with Crippen LogP contribution in [0.1, 0.15) is 157 Å². The van der Waals surface area contributed by atoms with Gasteiger partial charge in [-0.2, -0.15) is 0 Å². The lowest BCUT2D eigenvalue weighted by atomic mass is 9.46. The highest BCUT2D eigenvalue weighted by Gasteiger charge is 2.59. The van der Waals surface area contributed by atoms with Crippen molar-refractivity contribution in [1.29, 1.82) is 0 Å². The molecule has 326 valence electrons. The number of anilines is 3. The Bertz CT molecular complexity index is 1840. The number of hydrogen-bond donors (Lipinski definition) is 3. The first-order valence-electron chi connectivity index (χ1n) is 23.5. The van der Waals surface area contributed by atoms with E-state index in [1.807, 2.05) is 19.1 Å². The summed E-state index contributed by atoms with van der Waals surface area (Å²) in [4.78, 5) is 25.5.